The number of ether oxygens (including phenoxy) is 2. The second-order valence-electron chi connectivity index (χ2n) is 6.57. The minimum atomic E-state index is -0.204. The van der Waals surface area contributed by atoms with Crippen LogP contribution in [-0.4, -0.2) is 12.7 Å². The van der Waals surface area contributed by atoms with E-state index in [4.69, 9.17) is 9.47 Å². The van der Waals surface area contributed by atoms with E-state index in [2.05, 4.69) is 51.1 Å². The van der Waals surface area contributed by atoms with Crippen LogP contribution < -0.4 is 9.47 Å². The van der Waals surface area contributed by atoms with Crippen molar-refractivity contribution >= 4 is 0 Å². The molecule has 0 N–H and O–H groups in total. The van der Waals surface area contributed by atoms with Crippen molar-refractivity contribution in [3.63, 3.8) is 0 Å². The van der Waals surface area contributed by atoms with Gasteiger partial charge in [0.1, 0.15) is 17.1 Å². The quantitative estimate of drug-likeness (QED) is 0.803. The Labute approximate surface area is 126 Å². The van der Waals surface area contributed by atoms with Crippen LogP contribution in [0.1, 0.15) is 38.3 Å². The summed E-state index contributed by atoms with van der Waals surface area (Å²) in [6, 6.07) is 16.6. The van der Waals surface area contributed by atoms with Crippen molar-refractivity contribution < 1.29 is 9.47 Å². The second-order valence-corrected chi connectivity index (χ2v) is 6.57. The van der Waals surface area contributed by atoms with Gasteiger partial charge in [0, 0.05) is 23.0 Å². The van der Waals surface area contributed by atoms with E-state index in [1.54, 1.807) is 7.11 Å². The van der Waals surface area contributed by atoms with Crippen LogP contribution in [0.3, 0.4) is 0 Å². The van der Waals surface area contributed by atoms with Gasteiger partial charge in [-0.2, -0.15) is 0 Å². The maximum absolute atomic E-state index is 6.17. The first kappa shape index (κ1) is 14.0. The zero-order chi connectivity index (χ0) is 15.1. The third-order valence-corrected chi connectivity index (χ3v) is 4.35. The Morgan fingerprint density at radius 3 is 2.24 bits per heavy atom. The Hall–Kier alpha value is -1.96. The highest BCUT2D eigenvalue weighted by molar-refractivity contribution is 5.53. The Balaban J connectivity index is 2.24. The van der Waals surface area contributed by atoms with Crippen LogP contribution in [0, 0.1) is 0 Å². The van der Waals surface area contributed by atoms with Crippen LogP contribution in [0.15, 0.2) is 48.5 Å². The normalized spacial score (nSPS) is 23.0. The van der Waals surface area contributed by atoms with Gasteiger partial charge in [-0.3, -0.25) is 0 Å². The van der Waals surface area contributed by atoms with Gasteiger partial charge in [0.25, 0.3) is 0 Å². The second kappa shape index (κ2) is 4.80. The van der Waals surface area contributed by atoms with Gasteiger partial charge in [0.05, 0.1) is 7.11 Å². The maximum atomic E-state index is 6.17. The summed E-state index contributed by atoms with van der Waals surface area (Å²) in [7, 11) is 1.73. The van der Waals surface area contributed by atoms with Gasteiger partial charge in [-0.25, -0.2) is 0 Å². The zero-order valence-corrected chi connectivity index (χ0v) is 13.1. The van der Waals surface area contributed by atoms with E-state index in [0.717, 1.165) is 17.9 Å². The van der Waals surface area contributed by atoms with Gasteiger partial charge in [-0.1, -0.05) is 43.3 Å². The van der Waals surface area contributed by atoms with Gasteiger partial charge in [0.15, 0.2) is 0 Å². The molecule has 0 bridgehead atoms. The summed E-state index contributed by atoms with van der Waals surface area (Å²) in [6.45, 7) is 6.58. The van der Waals surface area contributed by atoms with Gasteiger partial charge < -0.3 is 9.47 Å². The monoisotopic (exact) mass is 282 g/mol. The van der Waals surface area contributed by atoms with Crippen molar-refractivity contribution in [2.45, 2.75) is 38.2 Å². The minimum absolute atomic E-state index is 0.120. The summed E-state index contributed by atoms with van der Waals surface area (Å²) >= 11 is 0. The summed E-state index contributed by atoms with van der Waals surface area (Å²) in [5.41, 5.74) is 2.12. The third-order valence-electron chi connectivity index (χ3n) is 4.35. The molecule has 110 valence electrons. The molecule has 0 saturated carbocycles. The van der Waals surface area contributed by atoms with Gasteiger partial charge in [-0.05, 0) is 26.0 Å². The lowest BCUT2D eigenvalue weighted by Gasteiger charge is -2.45. The number of rotatable bonds is 2. The lowest BCUT2D eigenvalue weighted by Crippen LogP contribution is -2.43. The Kier molecular flexibility index (Phi) is 3.20. The first-order valence-corrected chi connectivity index (χ1v) is 7.38. The highest BCUT2D eigenvalue weighted by Gasteiger charge is 2.44. The molecule has 0 saturated heterocycles. The predicted octanol–water partition coefficient (Wildman–Crippen LogP) is 4.56. The SMILES string of the molecule is COc1ccccc1C1(C)CC(C)(C)Oc2ccccc21. The Morgan fingerprint density at radius 2 is 1.52 bits per heavy atom. The fraction of sp³-hybridized carbons (Fsp3) is 0.368. The van der Waals surface area contributed by atoms with Gasteiger partial charge >= 0.3 is 0 Å². The lowest BCUT2D eigenvalue weighted by molar-refractivity contribution is 0.0578. The molecule has 1 unspecified atom stereocenters. The molecule has 0 aromatic heterocycles. The van der Waals surface area contributed by atoms with E-state index in [1.807, 2.05) is 18.2 Å². The molecule has 2 aromatic carbocycles. The van der Waals surface area contributed by atoms with E-state index in [0.29, 0.717) is 0 Å². The Bertz CT molecular complexity index is 660. The van der Waals surface area contributed by atoms with Crippen molar-refractivity contribution in [2.75, 3.05) is 7.11 Å². The highest BCUT2D eigenvalue weighted by Crippen LogP contribution is 2.50. The topological polar surface area (TPSA) is 18.5 Å². The van der Waals surface area contributed by atoms with E-state index in [1.165, 1.54) is 11.1 Å². The fourth-order valence-corrected chi connectivity index (χ4v) is 3.63. The van der Waals surface area contributed by atoms with Crippen molar-refractivity contribution in [2.24, 2.45) is 0 Å². The molecule has 21 heavy (non-hydrogen) atoms. The molecule has 2 nitrogen and oxygen atoms in total. The number of para-hydroxylation sites is 2. The number of fused-ring (bicyclic) bond motifs is 1. The van der Waals surface area contributed by atoms with Crippen molar-refractivity contribution in [1.82, 2.24) is 0 Å². The molecule has 0 fully saturated rings. The van der Waals surface area contributed by atoms with Gasteiger partial charge in [-0.15, -0.1) is 0 Å². The van der Waals surface area contributed by atoms with E-state index in [-0.39, 0.29) is 11.0 Å². The van der Waals surface area contributed by atoms with Crippen LogP contribution in [0.25, 0.3) is 0 Å². The van der Waals surface area contributed by atoms with Crippen LogP contribution >= 0.6 is 0 Å². The predicted molar refractivity (Wildman–Crippen MR) is 85.2 cm³/mol. The van der Waals surface area contributed by atoms with Crippen molar-refractivity contribution in [3.8, 4) is 11.5 Å². The number of hydrogen-bond acceptors (Lipinski definition) is 2. The molecule has 2 aromatic rings. The molecule has 1 heterocycles. The third kappa shape index (κ3) is 2.29. The van der Waals surface area contributed by atoms with E-state index in [9.17, 15) is 0 Å². The smallest absolute Gasteiger partial charge is 0.124 e. The molecule has 2 heteroatoms. The summed E-state index contributed by atoms with van der Waals surface area (Å²) in [5.74, 6) is 1.91. The first-order valence-electron chi connectivity index (χ1n) is 7.38. The molecular weight excluding hydrogens is 260 g/mol. The van der Waals surface area contributed by atoms with Crippen LogP contribution in [0.4, 0.5) is 0 Å². The number of methoxy groups -OCH3 is 1. The number of hydrogen-bond donors (Lipinski definition) is 0. The lowest BCUT2D eigenvalue weighted by atomic mass is 9.67. The average Bonchev–Trinajstić information content (AvgIpc) is 2.46. The highest BCUT2D eigenvalue weighted by atomic mass is 16.5. The molecule has 1 aliphatic rings. The Morgan fingerprint density at radius 1 is 0.905 bits per heavy atom. The van der Waals surface area contributed by atoms with Crippen LogP contribution in [0.5, 0.6) is 11.5 Å². The number of benzene rings is 2. The van der Waals surface area contributed by atoms with Crippen LogP contribution in [-0.2, 0) is 5.41 Å². The summed E-state index contributed by atoms with van der Waals surface area (Å²) in [6.07, 6.45) is 0.914. The summed E-state index contributed by atoms with van der Waals surface area (Å²) < 4.78 is 11.8. The molecule has 0 aliphatic carbocycles. The molecule has 1 atom stereocenters. The first-order chi connectivity index (χ1) is 9.96. The van der Waals surface area contributed by atoms with E-state index < -0.39 is 0 Å². The minimum Gasteiger partial charge on any atom is -0.496 e. The molecule has 0 spiro atoms. The molecule has 1 aliphatic heterocycles. The molecule has 0 radical (unpaired) electrons. The summed E-state index contributed by atoms with van der Waals surface area (Å²) in [4.78, 5) is 0. The van der Waals surface area contributed by atoms with Crippen molar-refractivity contribution in [3.05, 3.63) is 59.7 Å². The zero-order valence-electron chi connectivity index (χ0n) is 13.1. The van der Waals surface area contributed by atoms with Crippen LogP contribution in [0.2, 0.25) is 0 Å². The molecule has 0 amide bonds. The molecule has 3 rings (SSSR count). The summed E-state index contributed by atoms with van der Waals surface area (Å²) in [5, 5.41) is 0. The largest absolute Gasteiger partial charge is 0.496 e. The van der Waals surface area contributed by atoms with Crippen molar-refractivity contribution in [1.29, 1.82) is 0 Å². The molecular formula is C19H22O2. The standard InChI is InChI=1S/C19H22O2/c1-18(2)13-19(3,14-9-5-7-11-16(14)20-4)15-10-6-8-12-17(15)21-18/h5-12H,13H2,1-4H3. The fourth-order valence-electron chi connectivity index (χ4n) is 3.63. The maximum Gasteiger partial charge on any atom is 0.124 e. The average molecular weight is 282 g/mol. The van der Waals surface area contributed by atoms with E-state index >= 15 is 0 Å². The van der Waals surface area contributed by atoms with Gasteiger partial charge in [0.2, 0.25) is 0 Å².